The van der Waals surface area contributed by atoms with Crippen LogP contribution < -0.4 is 21.7 Å². The van der Waals surface area contributed by atoms with Crippen LogP contribution in [0.2, 0.25) is 0 Å². The van der Waals surface area contributed by atoms with Gasteiger partial charge in [-0.3, -0.25) is 9.59 Å². The first-order valence-corrected chi connectivity index (χ1v) is 7.08. The normalized spacial score (nSPS) is 12.9. The molecule has 0 saturated carbocycles. The monoisotopic (exact) mass is 306 g/mol. The van der Waals surface area contributed by atoms with E-state index in [4.69, 9.17) is 5.73 Å². The number of carbonyl (C=O) groups excluding carboxylic acids is 3. The van der Waals surface area contributed by atoms with E-state index in [1.165, 1.54) is 6.92 Å². The Kier molecular flexibility index (Phi) is 6.37. The SMILES string of the molecule is CC[C@H](C)[C@H](NC(N)=O)C(=O)Nc1ccc(NC(C)=O)cc1. The van der Waals surface area contributed by atoms with Gasteiger partial charge in [0.1, 0.15) is 6.04 Å². The van der Waals surface area contributed by atoms with Crippen molar-refractivity contribution in [2.75, 3.05) is 10.6 Å². The molecule has 0 spiro atoms. The number of nitrogens with one attached hydrogen (secondary N) is 3. The average molecular weight is 306 g/mol. The molecule has 0 unspecified atom stereocenters. The van der Waals surface area contributed by atoms with Gasteiger partial charge in [0.2, 0.25) is 11.8 Å². The lowest BCUT2D eigenvalue weighted by Gasteiger charge is -2.22. The Morgan fingerprint density at radius 2 is 1.59 bits per heavy atom. The maximum Gasteiger partial charge on any atom is 0.312 e. The van der Waals surface area contributed by atoms with Crippen molar-refractivity contribution in [2.24, 2.45) is 11.7 Å². The molecule has 7 heteroatoms. The molecule has 120 valence electrons. The minimum Gasteiger partial charge on any atom is -0.352 e. The first-order valence-electron chi connectivity index (χ1n) is 7.08. The van der Waals surface area contributed by atoms with Crippen molar-refractivity contribution in [3.8, 4) is 0 Å². The molecule has 1 aromatic carbocycles. The molecule has 0 aliphatic heterocycles. The van der Waals surface area contributed by atoms with Crippen molar-refractivity contribution in [2.45, 2.75) is 33.2 Å². The lowest BCUT2D eigenvalue weighted by Crippen LogP contribution is -2.49. The van der Waals surface area contributed by atoms with Gasteiger partial charge in [0.05, 0.1) is 0 Å². The average Bonchev–Trinajstić information content (AvgIpc) is 2.45. The van der Waals surface area contributed by atoms with E-state index in [-0.39, 0.29) is 17.7 Å². The van der Waals surface area contributed by atoms with E-state index in [0.717, 1.165) is 6.42 Å². The zero-order valence-corrected chi connectivity index (χ0v) is 13.0. The standard InChI is InChI=1S/C15H22N4O3/c1-4-9(2)13(19-15(16)22)14(21)18-12-7-5-11(6-8-12)17-10(3)20/h5-9,13H,4H2,1-3H3,(H,17,20)(H,18,21)(H3,16,19,22)/t9-,13-/m0/s1. The molecule has 1 rings (SSSR count). The smallest absolute Gasteiger partial charge is 0.312 e. The summed E-state index contributed by atoms with van der Waals surface area (Å²) in [5, 5.41) is 7.82. The minimum absolute atomic E-state index is 0.0499. The van der Waals surface area contributed by atoms with Gasteiger partial charge in [-0.05, 0) is 30.2 Å². The van der Waals surface area contributed by atoms with Crippen LogP contribution in [0.15, 0.2) is 24.3 Å². The Bertz CT molecular complexity index is 542. The predicted octanol–water partition coefficient (Wildman–Crippen LogP) is 1.67. The molecule has 4 amide bonds. The van der Waals surface area contributed by atoms with Crippen LogP contribution in [-0.2, 0) is 9.59 Å². The number of nitrogens with two attached hydrogens (primary N) is 1. The maximum absolute atomic E-state index is 12.3. The Hall–Kier alpha value is -2.57. The van der Waals surface area contributed by atoms with Crippen LogP contribution >= 0.6 is 0 Å². The number of primary amides is 1. The van der Waals surface area contributed by atoms with Crippen LogP contribution in [-0.4, -0.2) is 23.9 Å². The van der Waals surface area contributed by atoms with Crippen LogP contribution in [0, 0.1) is 5.92 Å². The summed E-state index contributed by atoms with van der Waals surface area (Å²) < 4.78 is 0. The molecular formula is C15H22N4O3. The highest BCUT2D eigenvalue weighted by atomic mass is 16.2. The fraction of sp³-hybridized carbons (Fsp3) is 0.400. The Morgan fingerprint density at radius 3 is 2.00 bits per heavy atom. The van der Waals surface area contributed by atoms with Gasteiger partial charge in [0.15, 0.2) is 0 Å². The summed E-state index contributed by atoms with van der Waals surface area (Å²) in [6, 6.07) is 5.26. The maximum atomic E-state index is 12.3. The second kappa shape index (κ2) is 8.02. The molecule has 0 aliphatic rings. The lowest BCUT2D eigenvalue weighted by molar-refractivity contribution is -0.119. The molecule has 0 saturated heterocycles. The first kappa shape index (κ1) is 17.5. The molecule has 0 radical (unpaired) electrons. The van der Waals surface area contributed by atoms with E-state index in [2.05, 4.69) is 16.0 Å². The summed E-state index contributed by atoms with van der Waals surface area (Å²) in [7, 11) is 0. The highest BCUT2D eigenvalue weighted by molar-refractivity contribution is 5.97. The zero-order chi connectivity index (χ0) is 16.7. The largest absolute Gasteiger partial charge is 0.352 e. The van der Waals surface area contributed by atoms with Crippen LogP contribution in [0.5, 0.6) is 0 Å². The molecule has 0 bridgehead atoms. The topological polar surface area (TPSA) is 113 Å². The van der Waals surface area contributed by atoms with Crippen molar-refractivity contribution in [3.63, 3.8) is 0 Å². The molecule has 7 nitrogen and oxygen atoms in total. The van der Waals surface area contributed by atoms with Gasteiger partial charge >= 0.3 is 6.03 Å². The van der Waals surface area contributed by atoms with E-state index in [1.54, 1.807) is 24.3 Å². The van der Waals surface area contributed by atoms with Gasteiger partial charge in [-0.15, -0.1) is 0 Å². The lowest BCUT2D eigenvalue weighted by atomic mass is 9.98. The van der Waals surface area contributed by atoms with Gasteiger partial charge in [-0.1, -0.05) is 20.3 Å². The molecule has 0 heterocycles. The van der Waals surface area contributed by atoms with Crippen molar-refractivity contribution in [1.29, 1.82) is 0 Å². The second-order valence-corrected chi connectivity index (χ2v) is 5.12. The highest BCUT2D eigenvalue weighted by Gasteiger charge is 2.25. The Labute approximate surface area is 129 Å². The minimum atomic E-state index is -0.735. The highest BCUT2D eigenvalue weighted by Crippen LogP contribution is 2.15. The summed E-state index contributed by atoms with van der Waals surface area (Å²) in [6.45, 7) is 5.21. The Morgan fingerprint density at radius 1 is 1.09 bits per heavy atom. The molecule has 22 heavy (non-hydrogen) atoms. The van der Waals surface area contributed by atoms with Crippen LogP contribution in [0.4, 0.5) is 16.2 Å². The molecular weight excluding hydrogens is 284 g/mol. The van der Waals surface area contributed by atoms with Gasteiger partial charge in [-0.25, -0.2) is 4.79 Å². The quantitative estimate of drug-likeness (QED) is 0.641. The molecule has 1 aromatic rings. The summed E-state index contributed by atoms with van der Waals surface area (Å²) in [4.78, 5) is 34.2. The summed E-state index contributed by atoms with van der Waals surface area (Å²) >= 11 is 0. The van der Waals surface area contributed by atoms with Gasteiger partial charge < -0.3 is 21.7 Å². The van der Waals surface area contributed by atoms with E-state index in [1.807, 2.05) is 13.8 Å². The van der Waals surface area contributed by atoms with E-state index >= 15 is 0 Å². The van der Waals surface area contributed by atoms with Crippen molar-refractivity contribution in [3.05, 3.63) is 24.3 Å². The number of urea groups is 1. The molecule has 0 aliphatic carbocycles. The fourth-order valence-corrected chi connectivity index (χ4v) is 1.92. The fourth-order valence-electron chi connectivity index (χ4n) is 1.92. The third kappa shape index (κ3) is 5.43. The van der Waals surface area contributed by atoms with Crippen LogP contribution in [0.1, 0.15) is 27.2 Å². The Balaban J connectivity index is 2.76. The van der Waals surface area contributed by atoms with Crippen molar-refractivity contribution < 1.29 is 14.4 Å². The second-order valence-electron chi connectivity index (χ2n) is 5.12. The number of amides is 4. The summed E-state index contributed by atoms with van der Waals surface area (Å²) in [5.74, 6) is -0.550. The van der Waals surface area contributed by atoms with E-state index in [9.17, 15) is 14.4 Å². The third-order valence-electron chi connectivity index (χ3n) is 3.27. The van der Waals surface area contributed by atoms with Crippen LogP contribution in [0.3, 0.4) is 0 Å². The predicted molar refractivity (Wildman–Crippen MR) is 85.3 cm³/mol. The number of rotatable bonds is 6. The third-order valence-corrected chi connectivity index (χ3v) is 3.27. The van der Waals surface area contributed by atoms with Gasteiger partial charge in [0, 0.05) is 18.3 Å². The molecule has 0 fully saturated rings. The number of benzene rings is 1. The first-order chi connectivity index (χ1) is 10.3. The number of hydrogen-bond acceptors (Lipinski definition) is 3. The number of carbonyl (C=O) groups is 3. The van der Waals surface area contributed by atoms with E-state index < -0.39 is 12.1 Å². The van der Waals surface area contributed by atoms with E-state index in [0.29, 0.717) is 11.4 Å². The van der Waals surface area contributed by atoms with Gasteiger partial charge in [0.25, 0.3) is 0 Å². The van der Waals surface area contributed by atoms with Crippen molar-refractivity contribution >= 4 is 29.2 Å². The van der Waals surface area contributed by atoms with Crippen LogP contribution in [0.25, 0.3) is 0 Å². The summed E-state index contributed by atoms with van der Waals surface area (Å²) in [5.41, 5.74) is 6.32. The van der Waals surface area contributed by atoms with Crippen molar-refractivity contribution in [1.82, 2.24) is 5.32 Å². The zero-order valence-electron chi connectivity index (χ0n) is 13.0. The number of anilines is 2. The van der Waals surface area contributed by atoms with Gasteiger partial charge in [-0.2, -0.15) is 0 Å². The molecule has 0 aromatic heterocycles. The number of hydrogen-bond donors (Lipinski definition) is 4. The summed E-state index contributed by atoms with van der Waals surface area (Å²) in [6.07, 6.45) is 0.722. The molecule has 2 atom stereocenters. The molecule has 5 N–H and O–H groups in total.